The fourth-order valence-electron chi connectivity index (χ4n) is 4.10. The van der Waals surface area contributed by atoms with Crippen molar-refractivity contribution >= 4 is 0 Å². The van der Waals surface area contributed by atoms with Gasteiger partial charge in [-0.1, -0.05) is 36.4 Å². The minimum atomic E-state index is 0.760. The standard InChI is InChI=1S/C30H27N5/c1-23-12-16-33-29(18-23)30-19-26(13-17-34-30)25-10-8-24(9-11-25)20-35(21-27-6-2-4-14-31-27)22-28-7-3-5-15-32-28/h2-19H,20-22H2,1H3. The summed E-state index contributed by atoms with van der Waals surface area (Å²) in [4.78, 5) is 20.4. The number of benzene rings is 1. The Balaban J connectivity index is 1.34. The molecule has 0 saturated heterocycles. The van der Waals surface area contributed by atoms with Crippen molar-refractivity contribution in [2.24, 2.45) is 0 Å². The molecular formula is C30H27N5. The van der Waals surface area contributed by atoms with Gasteiger partial charge in [0.05, 0.1) is 22.8 Å². The highest BCUT2D eigenvalue weighted by Crippen LogP contribution is 2.25. The van der Waals surface area contributed by atoms with Crippen molar-refractivity contribution in [3.63, 3.8) is 0 Å². The van der Waals surface area contributed by atoms with Crippen LogP contribution in [0.2, 0.25) is 0 Å². The molecule has 0 aliphatic carbocycles. The average Bonchev–Trinajstić information content (AvgIpc) is 2.90. The summed E-state index contributed by atoms with van der Waals surface area (Å²) >= 11 is 0. The fraction of sp³-hybridized carbons (Fsp3) is 0.133. The molecule has 0 bridgehead atoms. The highest BCUT2D eigenvalue weighted by Gasteiger charge is 2.11. The molecule has 0 radical (unpaired) electrons. The van der Waals surface area contributed by atoms with E-state index in [0.717, 1.165) is 53.5 Å². The van der Waals surface area contributed by atoms with Crippen molar-refractivity contribution in [2.75, 3.05) is 0 Å². The summed E-state index contributed by atoms with van der Waals surface area (Å²) in [7, 11) is 0. The Labute approximate surface area is 206 Å². The molecule has 0 aliphatic heterocycles. The molecular weight excluding hydrogens is 430 g/mol. The van der Waals surface area contributed by atoms with Crippen LogP contribution in [0.25, 0.3) is 22.5 Å². The number of hydrogen-bond donors (Lipinski definition) is 0. The Morgan fingerprint density at radius 3 is 1.77 bits per heavy atom. The first-order valence-electron chi connectivity index (χ1n) is 11.7. The molecule has 5 aromatic rings. The van der Waals surface area contributed by atoms with Crippen molar-refractivity contribution in [2.45, 2.75) is 26.6 Å². The SMILES string of the molecule is Cc1ccnc(-c2cc(-c3ccc(CN(Cc4ccccn4)Cc4ccccn4)cc3)ccn2)c1. The molecule has 0 saturated carbocycles. The van der Waals surface area contributed by atoms with Crippen LogP contribution in [0, 0.1) is 6.92 Å². The first-order chi connectivity index (χ1) is 17.2. The first kappa shape index (κ1) is 22.6. The molecule has 0 spiro atoms. The van der Waals surface area contributed by atoms with Gasteiger partial charge in [-0.05, 0) is 77.7 Å². The van der Waals surface area contributed by atoms with Crippen molar-refractivity contribution in [3.8, 4) is 22.5 Å². The lowest BCUT2D eigenvalue weighted by Gasteiger charge is -2.22. The number of aromatic nitrogens is 4. The van der Waals surface area contributed by atoms with E-state index in [1.165, 1.54) is 11.1 Å². The van der Waals surface area contributed by atoms with Gasteiger partial charge in [0.2, 0.25) is 0 Å². The molecule has 0 aliphatic rings. The van der Waals surface area contributed by atoms with Crippen LogP contribution in [-0.2, 0) is 19.6 Å². The lowest BCUT2D eigenvalue weighted by Crippen LogP contribution is -2.23. The maximum atomic E-state index is 4.53. The summed E-state index contributed by atoms with van der Waals surface area (Å²) in [5.41, 5.74) is 8.58. The van der Waals surface area contributed by atoms with Crippen LogP contribution in [0.4, 0.5) is 0 Å². The Morgan fingerprint density at radius 2 is 1.17 bits per heavy atom. The van der Waals surface area contributed by atoms with E-state index in [1.807, 2.05) is 61.2 Å². The van der Waals surface area contributed by atoms with Gasteiger partial charge in [-0.15, -0.1) is 0 Å². The van der Waals surface area contributed by atoms with Crippen molar-refractivity contribution in [1.29, 1.82) is 0 Å². The molecule has 5 rings (SSSR count). The lowest BCUT2D eigenvalue weighted by molar-refractivity contribution is 0.242. The van der Waals surface area contributed by atoms with Gasteiger partial charge in [0.25, 0.3) is 0 Å². The van der Waals surface area contributed by atoms with E-state index in [9.17, 15) is 0 Å². The Bertz CT molecular complexity index is 1330. The third kappa shape index (κ3) is 6.02. The molecule has 1 aromatic carbocycles. The fourth-order valence-corrected chi connectivity index (χ4v) is 4.10. The van der Waals surface area contributed by atoms with Gasteiger partial charge in [0.15, 0.2) is 0 Å². The topological polar surface area (TPSA) is 54.8 Å². The van der Waals surface area contributed by atoms with Crippen LogP contribution in [0.15, 0.2) is 110 Å². The summed E-state index contributed by atoms with van der Waals surface area (Å²) in [5, 5.41) is 0. The summed E-state index contributed by atoms with van der Waals surface area (Å²) in [6.45, 7) is 4.40. The molecule has 0 amide bonds. The average molecular weight is 458 g/mol. The van der Waals surface area contributed by atoms with Crippen LogP contribution in [0.1, 0.15) is 22.5 Å². The quantitative estimate of drug-likeness (QED) is 0.281. The minimum Gasteiger partial charge on any atom is -0.287 e. The second-order valence-corrected chi connectivity index (χ2v) is 8.63. The van der Waals surface area contributed by atoms with Gasteiger partial charge in [0, 0.05) is 44.4 Å². The smallest absolute Gasteiger partial charge is 0.0892 e. The number of rotatable bonds is 8. The van der Waals surface area contributed by atoms with Crippen LogP contribution in [0.5, 0.6) is 0 Å². The monoisotopic (exact) mass is 457 g/mol. The van der Waals surface area contributed by atoms with Crippen LogP contribution >= 0.6 is 0 Å². The van der Waals surface area contributed by atoms with Crippen molar-refractivity contribution < 1.29 is 0 Å². The molecule has 0 unspecified atom stereocenters. The predicted molar refractivity (Wildman–Crippen MR) is 139 cm³/mol. The molecule has 5 heteroatoms. The van der Waals surface area contributed by atoms with Gasteiger partial charge in [-0.2, -0.15) is 0 Å². The van der Waals surface area contributed by atoms with Crippen molar-refractivity contribution in [3.05, 3.63) is 132 Å². The maximum absolute atomic E-state index is 4.53. The lowest BCUT2D eigenvalue weighted by atomic mass is 10.0. The van der Waals surface area contributed by atoms with E-state index >= 15 is 0 Å². The third-order valence-electron chi connectivity index (χ3n) is 5.85. The van der Waals surface area contributed by atoms with E-state index in [4.69, 9.17) is 0 Å². The third-order valence-corrected chi connectivity index (χ3v) is 5.85. The molecule has 0 fully saturated rings. The Morgan fingerprint density at radius 1 is 0.543 bits per heavy atom. The van der Waals surface area contributed by atoms with E-state index in [1.54, 1.807) is 0 Å². The molecule has 5 nitrogen and oxygen atoms in total. The summed E-state index contributed by atoms with van der Waals surface area (Å²) in [5.74, 6) is 0. The Kier molecular flexibility index (Phi) is 6.97. The van der Waals surface area contributed by atoms with Gasteiger partial charge in [0.1, 0.15) is 0 Å². The van der Waals surface area contributed by atoms with Crippen LogP contribution < -0.4 is 0 Å². The van der Waals surface area contributed by atoms with Gasteiger partial charge in [-0.25, -0.2) is 0 Å². The number of pyridine rings is 4. The molecule has 172 valence electrons. The van der Waals surface area contributed by atoms with Gasteiger partial charge >= 0.3 is 0 Å². The zero-order valence-corrected chi connectivity index (χ0v) is 19.7. The normalized spacial score (nSPS) is 11.0. The molecule has 0 atom stereocenters. The highest BCUT2D eigenvalue weighted by molar-refractivity contribution is 5.69. The maximum Gasteiger partial charge on any atom is 0.0892 e. The summed E-state index contributed by atoms with van der Waals surface area (Å²) in [6, 6.07) is 29.1. The zero-order valence-electron chi connectivity index (χ0n) is 19.7. The molecule has 35 heavy (non-hydrogen) atoms. The number of aryl methyl sites for hydroxylation is 1. The van der Waals surface area contributed by atoms with Crippen LogP contribution in [0.3, 0.4) is 0 Å². The van der Waals surface area contributed by atoms with Crippen molar-refractivity contribution in [1.82, 2.24) is 24.8 Å². The molecule has 4 aromatic heterocycles. The molecule has 0 N–H and O–H groups in total. The minimum absolute atomic E-state index is 0.760. The first-order valence-corrected chi connectivity index (χ1v) is 11.7. The van der Waals surface area contributed by atoms with Crippen LogP contribution in [-0.4, -0.2) is 24.8 Å². The highest BCUT2D eigenvalue weighted by atomic mass is 15.1. The Hall–Kier alpha value is -4.22. The predicted octanol–water partition coefficient (Wildman–Crippen LogP) is 6.11. The van der Waals surface area contributed by atoms with E-state index in [2.05, 4.69) is 80.3 Å². The van der Waals surface area contributed by atoms with Gasteiger partial charge < -0.3 is 0 Å². The zero-order chi connectivity index (χ0) is 23.9. The molecule has 4 heterocycles. The van der Waals surface area contributed by atoms with Gasteiger partial charge in [-0.3, -0.25) is 24.8 Å². The van der Waals surface area contributed by atoms with E-state index in [0.29, 0.717) is 0 Å². The second kappa shape index (κ2) is 10.8. The van der Waals surface area contributed by atoms with E-state index < -0.39 is 0 Å². The largest absolute Gasteiger partial charge is 0.287 e. The van der Waals surface area contributed by atoms with E-state index in [-0.39, 0.29) is 0 Å². The second-order valence-electron chi connectivity index (χ2n) is 8.63. The summed E-state index contributed by atoms with van der Waals surface area (Å²) in [6.07, 6.45) is 7.37. The summed E-state index contributed by atoms with van der Waals surface area (Å²) < 4.78 is 0. The number of hydrogen-bond acceptors (Lipinski definition) is 5. The number of nitrogens with zero attached hydrogens (tertiary/aromatic N) is 5.